The second-order valence-electron chi connectivity index (χ2n) is 5.08. The summed E-state index contributed by atoms with van der Waals surface area (Å²) < 4.78 is 0. The average Bonchev–Trinajstić information content (AvgIpc) is 2.45. The number of aliphatic hydroxyl groups is 1. The number of aliphatic carboxylic acids is 1. The standard InChI is InChI=1S/C15H22N2O4/c1-11(2)17(10-12-6-4-3-5-7-12)15(21)16-9-8-13(18)14(19)20/h3-7,11,13,18H,8-10H2,1-2H3,(H,16,21)(H,19,20)/t13-/m0/s1. The number of nitrogens with zero attached hydrogens (tertiary/aromatic N) is 1. The summed E-state index contributed by atoms with van der Waals surface area (Å²) in [5.41, 5.74) is 1.02. The highest BCUT2D eigenvalue weighted by atomic mass is 16.4. The van der Waals surface area contributed by atoms with Crippen LogP contribution in [0.15, 0.2) is 30.3 Å². The Kier molecular flexibility index (Phi) is 6.68. The van der Waals surface area contributed by atoms with Crippen molar-refractivity contribution in [2.24, 2.45) is 0 Å². The van der Waals surface area contributed by atoms with E-state index < -0.39 is 12.1 Å². The predicted octanol–water partition coefficient (Wildman–Crippen LogP) is 1.44. The molecule has 3 N–H and O–H groups in total. The number of nitrogens with one attached hydrogen (secondary N) is 1. The number of carbonyl (C=O) groups is 2. The maximum Gasteiger partial charge on any atom is 0.332 e. The fourth-order valence-corrected chi connectivity index (χ4v) is 1.81. The first kappa shape index (κ1) is 17.0. The predicted molar refractivity (Wildman–Crippen MR) is 78.8 cm³/mol. The van der Waals surface area contributed by atoms with Gasteiger partial charge in [0.05, 0.1) is 0 Å². The van der Waals surface area contributed by atoms with Gasteiger partial charge in [0.25, 0.3) is 0 Å². The van der Waals surface area contributed by atoms with Crippen LogP contribution in [0, 0.1) is 0 Å². The number of hydrogen-bond donors (Lipinski definition) is 3. The van der Waals surface area contributed by atoms with Gasteiger partial charge in [-0.15, -0.1) is 0 Å². The third-order valence-electron chi connectivity index (χ3n) is 3.06. The van der Waals surface area contributed by atoms with Gasteiger partial charge in [0.15, 0.2) is 6.10 Å². The molecule has 0 saturated heterocycles. The van der Waals surface area contributed by atoms with Crippen molar-refractivity contribution in [1.82, 2.24) is 10.2 Å². The van der Waals surface area contributed by atoms with Crippen molar-refractivity contribution in [2.45, 2.75) is 39.0 Å². The number of aliphatic hydroxyl groups excluding tert-OH is 1. The number of carbonyl (C=O) groups excluding carboxylic acids is 1. The normalized spacial score (nSPS) is 12.0. The van der Waals surface area contributed by atoms with Crippen molar-refractivity contribution < 1.29 is 19.8 Å². The topological polar surface area (TPSA) is 89.9 Å². The van der Waals surface area contributed by atoms with Gasteiger partial charge in [-0.25, -0.2) is 9.59 Å². The Morgan fingerprint density at radius 1 is 1.24 bits per heavy atom. The molecule has 0 bridgehead atoms. The lowest BCUT2D eigenvalue weighted by atomic mass is 10.2. The molecule has 0 spiro atoms. The summed E-state index contributed by atoms with van der Waals surface area (Å²) >= 11 is 0. The first-order chi connectivity index (χ1) is 9.91. The highest BCUT2D eigenvalue weighted by Gasteiger charge is 2.18. The summed E-state index contributed by atoms with van der Waals surface area (Å²) in [6, 6.07) is 9.36. The summed E-state index contributed by atoms with van der Waals surface area (Å²) in [5, 5.41) is 20.4. The molecular weight excluding hydrogens is 272 g/mol. The second kappa shape index (κ2) is 8.26. The molecule has 0 aliphatic heterocycles. The van der Waals surface area contributed by atoms with Gasteiger partial charge in [-0.3, -0.25) is 0 Å². The van der Waals surface area contributed by atoms with Crippen LogP contribution in [0.1, 0.15) is 25.8 Å². The fourth-order valence-electron chi connectivity index (χ4n) is 1.81. The van der Waals surface area contributed by atoms with Gasteiger partial charge in [0.1, 0.15) is 0 Å². The molecule has 0 unspecified atom stereocenters. The van der Waals surface area contributed by atoms with Crippen LogP contribution in [-0.4, -0.2) is 45.8 Å². The van der Waals surface area contributed by atoms with E-state index in [0.717, 1.165) is 5.56 Å². The molecule has 0 aliphatic carbocycles. The summed E-state index contributed by atoms with van der Waals surface area (Å²) in [6.07, 6.45) is -1.47. The monoisotopic (exact) mass is 294 g/mol. The van der Waals surface area contributed by atoms with Crippen molar-refractivity contribution in [3.63, 3.8) is 0 Å². The number of rotatable bonds is 7. The van der Waals surface area contributed by atoms with E-state index in [2.05, 4.69) is 5.32 Å². The molecule has 1 aromatic rings. The van der Waals surface area contributed by atoms with Crippen LogP contribution in [0.25, 0.3) is 0 Å². The van der Waals surface area contributed by atoms with Crippen LogP contribution in [0.3, 0.4) is 0 Å². The number of hydrogen-bond acceptors (Lipinski definition) is 3. The molecule has 0 radical (unpaired) electrons. The highest BCUT2D eigenvalue weighted by Crippen LogP contribution is 2.08. The van der Waals surface area contributed by atoms with E-state index in [4.69, 9.17) is 10.2 Å². The Bertz CT molecular complexity index is 462. The largest absolute Gasteiger partial charge is 0.479 e. The Balaban J connectivity index is 2.52. The molecule has 0 fully saturated rings. The lowest BCUT2D eigenvalue weighted by molar-refractivity contribution is -0.146. The zero-order chi connectivity index (χ0) is 15.8. The second-order valence-corrected chi connectivity index (χ2v) is 5.08. The van der Waals surface area contributed by atoms with Crippen LogP contribution >= 0.6 is 0 Å². The molecule has 116 valence electrons. The van der Waals surface area contributed by atoms with E-state index in [1.807, 2.05) is 44.2 Å². The molecule has 1 aromatic carbocycles. The summed E-state index contributed by atoms with van der Waals surface area (Å²) in [4.78, 5) is 24.3. The number of benzene rings is 1. The Morgan fingerprint density at radius 3 is 2.38 bits per heavy atom. The van der Waals surface area contributed by atoms with Gasteiger partial charge in [-0.1, -0.05) is 30.3 Å². The maximum absolute atomic E-state index is 12.1. The van der Waals surface area contributed by atoms with E-state index in [-0.39, 0.29) is 25.0 Å². The number of carboxylic acid groups (broad SMARTS) is 1. The van der Waals surface area contributed by atoms with Gasteiger partial charge in [0, 0.05) is 25.6 Å². The van der Waals surface area contributed by atoms with Crippen molar-refractivity contribution in [3.05, 3.63) is 35.9 Å². The van der Waals surface area contributed by atoms with Crippen molar-refractivity contribution in [3.8, 4) is 0 Å². The Morgan fingerprint density at radius 2 is 1.86 bits per heavy atom. The molecule has 0 heterocycles. The molecule has 0 aliphatic rings. The minimum absolute atomic E-state index is 0.00889. The van der Waals surface area contributed by atoms with Crippen LogP contribution in [-0.2, 0) is 11.3 Å². The molecule has 6 nitrogen and oxygen atoms in total. The van der Waals surface area contributed by atoms with Crippen LogP contribution in [0.5, 0.6) is 0 Å². The highest BCUT2D eigenvalue weighted by molar-refractivity contribution is 5.75. The minimum atomic E-state index is -1.45. The zero-order valence-corrected chi connectivity index (χ0v) is 12.3. The molecule has 0 saturated carbocycles. The average molecular weight is 294 g/mol. The van der Waals surface area contributed by atoms with Gasteiger partial charge in [-0.05, 0) is 19.4 Å². The van der Waals surface area contributed by atoms with Crippen molar-refractivity contribution in [1.29, 1.82) is 0 Å². The van der Waals surface area contributed by atoms with E-state index in [0.29, 0.717) is 6.54 Å². The van der Waals surface area contributed by atoms with Crippen LogP contribution in [0.4, 0.5) is 4.79 Å². The van der Waals surface area contributed by atoms with Crippen molar-refractivity contribution in [2.75, 3.05) is 6.54 Å². The molecule has 1 atom stereocenters. The summed E-state index contributed by atoms with van der Waals surface area (Å²) in [7, 11) is 0. The quantitative estimate of drug-likeness (QED) is 0.710. The maximum atomic E-state index is 12.1. The summed E-state index contributed by atoms with van der Waals surface area (Å²) in [5.74, 6) is -1.28. The molecule has 0 aromatic heterocycles. The first-order valence-electron chi connectivity index (χ1n) is 6.91. The van der Waals surface area contributed by atoms with Gasteiger partial charge >= 0.3 is 12.0 Å². The SMILES string of the molecule is CC(C)N(Cc1ccccc1)C(=O)NCC[C@H](O)C(=O)O. The molecular formula is C15H22N2O4. The first-order valence-corrected chi connectivity index (χ1v) is 6.91. The number of carboxylic acids is 1. The van der Waals surface area contributed by atoms with E-state index in [1.165, 1.54) is 0 Å². The molecule has 2 amide bonds. The minimum Gasteiger partial charge on any atom is -0.479 e. The lowest BCUT2D eigenvalue weighted by Crippen LogP contribution is -2.44. The smallest absolute Gasteiger partial charge is 0.332 e. The fraction of sp³-hybridized carbons (Fsp3) is 0.467. The van der Waals surface area contributed by atoms with Gasteiger partial charge in [-0.2, -0.15) is 0 Å². The number of urea groups is 1. The Hall–Kier alpha value is -2.08. The van der Waals surface area contributed by atoms with Crippen LogP contribution < -0.4 is 5.32 Å². The van der Waals surface area contributed by atoms with E-state index >= 15 is 0 Å². The van der Waals surface area contributed by atoms with E-state index in [1.54, 1.807) is 4.90 Å². The summed E-state index contributed by atoms with van der Waals surface area (Å²) in [6.45, 7) is 4.42. The third kappa shape index (κ3) is 5.83. The van der Waals surface area contributed by atoms with Gasteiger partial charge < -0.3 is 20.4 Å². The number of amides is 2. The zero-order valence-electron chi connectivity index (χ0n) is 12.3. The lowest BCUT2D eigenvalue weighted by Gasteiger charge is -2.27. The molecule has 21 heavy (non-hydrogen) atoms. The Labute approximate surface area is 124 Å². The van der Waals surface area contributed by atoms with Gasteiger partial charge in [0.2, 0.25) is 0 Å². The van der Waals surface area contributed by atoms with Crippen LogP contribution in [0.2, 0.25) is 0 Å². The third-order valence-corrected chi connectivity index (χ3v) is 3.06. The van der Waals surface area contributed by atoms with E-state index in [9.17, 15) is 9.59 Å². The molecule has 1 rings (SSSR count). The molecule has 6 heteroatoms. The van der Waals surface area contributed by atoms with Crippen molar-refractivity contribution >= 4 is 12.0 Å².